The molecule has 2 fully saturated rings. The van der Waals surface area contributed by atoms with Gasteiger partial charge in [-0.25, -0.2) is 0 Å². The van der Waals surface area contributed by atoms with Crippen LogP contribution in [-0.4, -0.2) is 133 Å². The Hall–Kier alpha value is -5.07. The van der Waals surface area contributed by atoms with E-state index in [1.165, 1.54) is 26.2 Å². The number of carbonyl (C=O) groups excluding carboxylic acids is 4. The first kappa shape index (κ1) is 52.7. The van der Waals surface area contributed by atoms with Gasteiger partial charge in [0.15, 0.2) is 11.4 Å². The van der Waals surface area contributed by atoms with Crippen LogP contribution in [0.25, 0.3) is 10.8 Å². The Labute approximate surface area is 422 Å². The van der Waals surface area contributed by atoms with Crippen molar-refractivity contribution >= 4 is 62.6 Å². The highest BCUT2D eigenvalue weighted by Crippen LogP contribution is 2.50. The van der Waals surface area contributed by atoms with Gasteiger partial charge in [0, 0.05) is 96.8 Å². The molecule has 18 heteroatoms. The number of rotatable bonds is 6. The zero-order valence-electron chi connectivity index (χ0n) is 41.2. The lowest BCUT2D eigenvalue weighted by Gasteiger charge is -2.38. The third-order valence-electron chi connectivity index (χ3n) is 14.7. The first-order valence-electron chi connectivity index (χ1n) is 24.2. The number of hydrogen-bond acceptors (Lipinski definition) is 15. The minimum absolute atomic E-state index is 0.0213. The highest BCUT2D eigenvalue weighted by molar-refractivity contribution is 14.1. The summed E-state index contributed by atoms with van der Waals surface area (Å²) in [6.07, 6.45) is 12.3. The number of fused-ring (bicyclic) bond motifs is 13. The van der Waals surface area contributed by atoms with Crippen LogP contribution < -0.4 is 20.8 Å². The largest absolute Gasteiger partial charge is 0.507 e. The molecule has 2 aromatic carbocycles. The predicted octanol–water partition coefficient (Wildman–Crippen LogP) is 4.91. The highest BCUT2D eigenvalue weighted by atomic mass is 127. The minimum atomic E-state index is -2.44. The molecule has 6 heterocycles. The average Bonchev–Trinajstić information content (AvgIpc) is 3.86. The maximum Gasteiger partial charge on any atom is 0.383 e. The number of amides is 2. The Kier molecular flexibility index (Phi) is 16.1. The SMILES string of the molecule is C#C[C@@]12O/C=C/[C@H](OC)[C@@H](C)[C@@H](OC(=O)CC(=O)N3CCCCC3)[C@H](C)[C@H](O)[C@H](C)[C@@H](O)[C@@H](C)/C=C/C=C(/C)C(=O)Nc3c(O)c4c(O)c(C)c(c(c4c4c3=NC3(CCN(CC(C)I)CC3)N=4)C1=O)O2. The molecular weight excluding hydrogens is 1010 g/mol. The molecular formula is C52H66IN5O12. The second-order valence-electron chi connectivity index (χ2n) is 19.7. The lowest BCUT2D eigenvalue weighted by atomic mass is 9.78. The van der Waals surface area contributed by atoms with Crippen molar-refractivity contribution < 1.29 is 58.6 Å². The van der Waals surface area contributed by atoms with Gasteiger partial charge in [0.1, 0.15) is 35.1 Å². The van der Waals surface area contributed by atoms with Crippen LogP contribution in [0, 0.1) is 42.9 Å². The minimum Gasteiger partial charge on any atom is -0.507 e. The van der Waals surface area contributed by atoms with E-state index in [2.05, 4.69) is 45.7 Å². The van der Waals surface area contributed by atoms with Crippen LogP contribution in [0.15, 0.2) is 46.1 Å². The van der Waals surface area contributed by atoms with Crippen LogP contribution in [0.5, 0.6) is 17.2 Å². The number of ketones is 1. The van der Waals surface area contributed by atoms with E-state index in [0.717, 1.165) is 32.1 Å². The number of piperidine rings is 2. The number of likely N-dealkylation sites (tertiary alicyclic amines) is 2. The Morgan fingerprint density at radius 1 is 0.957 bits per heavy atom. The number of benzene rings is 2. The maximum atomic E-state index is 15.0. The first-order chi connectivity index (χ1) is 33.2. The van der Waals surface area contributed by atoms with Crippen LogP contribution in [-0.2, 0) is 28.6 Å². The number of nitrogens with zero attached hydrogens (tertiary/aromatic N) is 4. The number of alkyl halides is 1. The van der Waals surface area contributed by atoms with Crippen molar-refractivity contribution in [3.8, 4) is 29.6 Å². The number of aromatic hydroxyl groups is 2. The molecule has 2 aromatic rings. The molecule has 8 rings (SSSR count). The van der Waals surface area contributed by atoms with Gasteiger partial charge in [-0.05, 0) is 45.1 Å². The lowest BCUT2D eigenvalue weighted by molar-refractivity contribution is -0.165. The van der Waals surface area contributed by atoms with E-state index < -0.39 is 95.1 Å². The van der Waals surface area contributed by atoms with Crippen molar-refractivity contribution in [1.29, 1.82) is 0 Å². The van der Waals surface area contributed by atoms with E-state index in [1.54, 1.807) is 51.7 Å². The molecule has 70 heavy (non-hydrogen) atoms. The molecule has 17 nitrogen and oxygen atoms in total. The third-order valence-corrected chi connectivity index (χ3v) is 15.1. The first-order valence-corrected chi connectivity index (χ1v) is 25.4. The number of aliphatic hydroxyl groups is 2. The van der Waals surface area contributed by atoms with Crippen molar-refractivity contribution in [3.05, 3.63) is 58.0 Å². The number of terminal acetylenes is 1. The molecule has 0 saturated carbocycles. The van der Waals surface area contributed by atoms with Gasteiger partial charge in [-0.3, -0.25) is 29.2 Å². The smallest absolute Gasteiger partial charge is 0.383 e. The van der Waals surface area contributed by atoms with Crippen molar-refractivity contribution in [2.24, 2.45) is 33.7 Å². The lowest BCUT2D eigenvalue weighted by Crippen LogP contribution is -2.47. The zero-order chi connectivity index (χ0) is 51.0. The van der Waals surface area contributed by atoms with Gasteiger partial charge < -0.3 is 54.5 Å². The van der Waals surface area contributed by atoms with Crippen molar-refractivity contribution in [2.75, 3.05) is 45.2 Å². The van der Waals surface area contributed by atoms with Crippen LogP contribution >= 0.6 is 22.6 Å². The molecule has 1 unspecified atom stereocenters. The fourth-order valence-electron chi connectivity index (χ4n) is 10.4. The fraction of sp³-hybridized carbons (Fsp3) is 0.577. The number of halogens is 1. The zero-order valence-corrected chi connectivity index (χ0v) is 43.3. The summed E-state index contributed by atoms with van der Waals surface area (Å²) in [6, 6.07) is 0. The van der Waals surface area contributed by atoms with E-state index in [0.29, 0.717) is 42.9 Å². The molecule has 6 aliphatic heterocycles. The highest BCUT2D eigenvalue weighted by Gasteiger charge is 2.53. The molecule has 0 aromatic heterocycles. The van der Waals surface area contributed by atoms with Crippen LogP contribution in [0.3, 0.4) is 0 Å². The van der Waals surface area contributed by atoms with Gasteiger partial charge in [-0.2, -0.15) is 0 Å². The monoisotopic (exact) mass is 1080 g/mol. The normalized spacial score (nSPS) is 31.5. The van der Waals surface area contributed by atoms with Gasteiger partial charge in [0.25, 0.3) is 11.7 Å². The van der Waals surface area contributed by atoms with E-state index in [-0.39, 0.29) is 55.5 Å². The third kappa shape index (κ3) is 10.2. The molecule has 2 amide bonds. The number of esters is 1. The molecule has 10 atom stereocenters. The Balaban J connectivity index is 1.35. The number of nitrogens with one attached hydrogen (secondary N) is 1. The van der Waals surface area contributed by atoms with E-state index >= 15 is 0 Å². The number of methoxy groups -OCH3 is 1. The topological polar surface area (TPSA) is 229 Å². The molecule has 5 N–H and O–H groups in total. The van der Waals surface area contributed by atoms with E-state index in [9.17, 15) is 39.6 Å². The quantitative estimate of drug-likeness (QED) is 0.0648. The number of carbonyl (C=O) groups is 4. The van der Waals surface area contributed by atoms with E-state index in [1.807, 2.05) is 0 Å². The Morgan fingerprint density at radius 3 is 2.27 bits per heavy atom. The van der Waals surface area contributed by atoms with Gasteiger partial charge in [-0.1, -0.05) is 75.4 Å². The molecule has 1 spiro atoms. The molecule has 6 aliphatic rings. The maximum absolute atomic E-state index is 15.0. The fourth-order valence-corrected chi connectivity index (χ4v) is 11.0. The number of allylic oxidation sites excluding steroid dienone is 2. The van der Waals surface area contributed by atoms with Gasteiger partial charge in [0.05, 0.1) is 40.9 Å². The average molecular weight is 1080 g/mol. The number of anilines is 1. The summed E-state index contributed by atoms with van der Waals surface area (Å²) >= 11 is 2.39. The summed E-state index contributed by atoms with van der Waals surface area (Å²) in [5, 5.41) is 50.6. The van der Waals surface area contributed by atoms with Gasteiger partial charge in [0.2, 0.25) is 5.91 Å². The molecule has 0 radical (unpaired) electrons. The number of hydrogen-bond donors (Lipinski definition) is 5. The molecule has 378 valence electrons. The number of phenolic OH excluding ortho intramolecular Hbond substituents is 2. The summed E-state index contributed by atoms with van der Waals surface area (Å²) in [6.45, 7) is 15.3. The van der Waals surface area contributed by atoms with Crippen LogP contribution in [0.2, 0.25) is 0 Å². The van der Waals surface area contributed by atoms with Crippen molar-refractivity contribution in [3.63, 3.8) is 0 Å². The molecule has 2 saturated heterocycles. The molecule has 0 aliphatic carbocycles. The second kappa shape index (κ2) is 21.3. The number of ether oxygens (including phenoxy) is 4. The summed E-state index contributed by atoms with van der Waals surface area (Å²) in [4.78, 5) is 70.1. The van der Waals surface area contributed by atoms with Crippen LogP contribution in [0.1, 0.15) is 96.0 Å². The van der Waals surface area contributed by atoms with E-state index in [4.69, 9.17) is 35.4 Å². The second-order valence-corrected chi connectivity index (χ2v) is 21.8. The van der Waals surface area contributed by atoms with Gasteiger partial charge >= 0.3 is 11.8 Å². The summed E-state index contributed by atoms with van der Waals surface area (Å²) in [5.41, 5.74) is -0.983. The van der Waals surface area contributed by atoms with Crippen LogP contribution in [0.4, 0.5) is 5.69 Å². The Morgan fingerprint density at radius 2 is 1.63 bits per heavy atom. The number of aliphatic hydroxyl groups excluding tert-OH is 2. The number of Topliss-reactive ketones (excluding diaryl/α,β-unsaturated/α-hetero) is 1. The standard InChI is InChI=1S/C52H66IN5O12/c1-10-52-49(65)39-37-38(45(63)33(8)48(39)70-52)46(64)42(41-40(37)55-51(56-41)18-22-57(23-19-51)26-29(4)53)54-50(66)28(3)16-14-15-27(2)43(61)31(6)44(62)32(7)47(30(5)34(67-9)17-24-68-52)69-36(60)25-35(59)58-20-12-11-13-21-58/h1,14-17,24,27,29-32,34,43-44,47,61-64H,11-13,18-23,25-26H2,2-9H3,(H,54,66)/b15-14+,24-17+,28-16-/t27-,29?,30+,31+,32+,34-,43-,44+,47+,52-/m0/s1. The van der Waals surface area contributed by atoms with Crippen molar-refractivity contribution in [1.82, 2.24) is 9.80 Å². The predicted molar refractivity (Wildman–Crippen MR) is 269 cm³/mol. The van der Waals surface area contributed by atoms with Crippen molar-refractivity contribution in [2.45, 2.75) is 127 Å². The Bertz CT molecular complexity index is 2660. The summed E-state index contributed by atoms with van der Waals surface area (Å²) in [5.74, 6) is -6.68. The molecule has 5 bridgehead atoms. The number of phenols is 2. The van der Waals surface area contributed by atoms with Gasteiger partial charge in [-0.15, -0.1) is 6.42 Å². The summed E-state index contributed by atoms with van der Waals surface area (Å²) in [7, 11) is 1.41. The summed E-state index contributed by atoms with van der Waals surface area (Å²) < 4.78 is 24.7.